The summed E-state index contributed by atoms with van der Waals surface area (Å²) in [6, 6.07) is 12.8. The van der Waals surface area contributed by atoms with Gasteiger partial charge in [-0.05, 0) is 17.5 Å². The van der Waals surface area contributed by atoms with Crippen molar-refractivity contribution in [2.45, 2.75) is 25.7 Å². The second kappa shape index (κ2) is 8.89. The van der Waals surface area contributed by atoms with Gasteiger partial charge in [-0.3, -0.25) is 0 Å². The lowest BCUT2D eigenvalue weighted by Gasteiger charge is -2.02. The van der Waals surface area contributed by atoms with Crippen LogP contribution in [0.3, 0.4) is 0 Å². The van der Waals surface area contributed by atoms with Gasteiger partial charge in [0.15, 0.2) is 5.92 Å². The van der Waals surface area contributed by atoms with E-state index < -0.39 is 5.92 Å². The predicted octanol–water partition coefficient (Wildman–Crippen LogP) is 2.73. The SMILES string of the molecule is CCCC=[N+]=CC=C(C#N)c1ccc(C(C#N)C#N)cc1. The highest BCUT2D eigenvalue weighted by atomic mass is 14.5. The van der Waals surface area contributed by atoms with Crippen molar-refractivity contribution in [1.29, 1.82) is 15.8 Å². The van der Waals surface area contributed by atoms with Crippen molar-refractivity contribution >= 4 is 18.0 Å². The fourth-order valence-electron chi connectivity index (χ4n) is 1.61. The van der Waals surface area contributed by atoms with Crippen LogP contribution in [0.25, 0.3) is 5.57 Å². The molecule has 0 aliphatic heterocycles. The maximum absolute atomic E-state index is 9.16. The number of hydrogen-bond donors (Lipinski definition) is 0. The topological polar surface area (TPSA) is 85.5 Å². The van der Waals surface area contributed by atoms with Crippen LogP contribution in [0.4, 0.5) is 0 Å². The Bertz CT molecular complexity index is 670. The molecule has 21 heavy (non-hydrogen) atoms. The normalized spacial score (nSPS) is 9.95. The molecule has 0 radical (unpaired) electrons. The maximum atomic E-state index is 9.16. The summed E-state index contributed by atoms with van der Waals surface area (Å²) in [5.74, 6) is -0.779. The van der Waals surface area contributed by atoms with Crippen LogP contribution in [0.15, 0.2) is 30.3 Å². The Morgan fingerprint density at radius 3 is 2.38 bits per heavy atom. The molecule has 0 saturated carbocycles. The van der Waals surface area contributed by atoms with Crippen LogP contribution < -0.4 is 4.67 Å². The highest BCUT2D eigenvalue weighted by Crippen LogP contribution is 2.18. The molecule has 4 nitrogen and oxygen atoms in total. The predicted molar refractivity (Wildman–Crippen MR) is 83.2 cm³/mol. The van der Waals surface area contributed by atoms with Crippen LogP contribution in [-0.2, 0) is 0 Å². The number of nitrogens with zero attached hydrogens (tertiary/aromatic N) is 4. The summed E-state index contributed by atoms with van der Waals surface area (Å²) in [6.45, 7) is 2.07. The minimum Gasteiger partial charge on any atom is -0.196 e. The van der Waals surface area contributed by atoms with E-state index in [2.05, 4.69) is 17.7 Å². The first-order valence-corrected chi connectivity index (χ1v) is 6.61. The summed E-state index contributed by atoms with van der Waals surface area (Å²) in [7, 11) is 0. The summed E-state index contributed by atoms with van der Waals surface area (Å²) in [5.41, 5.74) is 1.85. The monoisotopic (exact) mass is 275 g/mol. The van der Waals surface area contributed by atoms with Gasteiger partial charge in [0.1, 0.15) is 6.07 Å². The molecule has 0 fully saturated rings. The number of hydrogen-bond acceptors (Lipinski definition) is 3. The van der Waals surface area contributed by atoms with E-state index in [4.69, 9.17) is 15.8 Å². The Kier molecular flexibility index (Phi) is 6.75. The van der Waals surface area contributed by atoms with E-state index in [-0.39, 0.29) is 0 Å². The third-order valence-electron chi connectivity index (χ3n) is 2.78. The Morgan fingerprint density at radius 1 is 1.19 bits per heavy atom. The first kappa shape index (κ1) is 15.9. The van der Waals surface area contributed by atoms with Gasteiger partial charge in [-0.1, -0.05) is 31.2 Å². The molecule has 0 aromatic heterocycles. The number of unbranched alkanes of at least 4 members (excludes halogenated alkanes) is 1. The first-order valence-electron chi connectivity index (χ1n) is 6.61. The van der Waals surface area contributed by atoms with Crippen molar-refractivity contribution in [3.8, 4) is 18.2 Å². The molecule has 0 aliphatic rings. The van der Waals surface area contributed by atoms with Gasteiger partial charge < -0.3 is 0 Å². The standard InChI is InChI=1S/C17H15N4/c1-2-3-9-21-10-8-16(11-18)14-4-6-15(7-5-14)17(12-19)13-20/h4-10,17H,2-3H2,1H3/q+1. The summed E-state index contributed by atoms with van der Waals surface area (Å²) in [4.78, 5) is 0. The zero-order valence-corrected chi connectivity index (χ0v) is 11.8. The third-order valence-corrected chi connectivity index (χ3v) is 2.78. The molecule has 0 amide bonds. The van der Waals surface area contributed by atoms with Gasteiger partial charge in [0.25, 0.3) is 12.4 Å². The molecular weight excluding hydrogens is 260 g/mol. The fourth-order valence-corrected chi connectivity index (χ4v) is 1.61. The molecule has 0 N–H and O–H groups in total. The van der Waals surface area contributed by atoms with Crippen LogP contribution in [0, 0.1) is 34.0 Å². The van der Waals surface area contributed by atoms with E-state index in [1.54, 1.807) is 42.8 Å². The van der Waals surface area contributed by atoms with Crippen molar-refractivity contribution in [2.24, 2.45) is 0 Å². The van der Waals surface area contributed by atoms with E-state index in [0.29, 0.717) is 11.1 Å². The van der Waals surface area contributed by atoms with Gasteiger partial charge in [-0.25, -0.2) is 0 Å². The summed E-state index contributed by atoms with van der Waals surface area (Å²) < 4.78 is 4.08. The van der Waals surface area contributed by atoms with Gasteiger partial charge >= 0.3 is 0 Å². The lowest BCUT2D eigenvalue weighted by Crippen LogP contribution is -1.92. The quantitative estimate of drug-likeness (QED) is 0.470. The fraction of sp³-hybridized carbons (Fsp3) is 0.235. The molecule has 0 heterocycles. The van der Waals surface area contributed by atoms with Crippen molar-refractivity contribution in [3.05, 3.63) is 41.5 Å². The van der Waals surface area contributed by atoms with Crippen LogP contribution in [0.2, 0.25) is 0 Å². The molecule has 1 aromatic rings. The number of rotatable bonds is 5. The Hall–Kier alpha value is -3.12. The molecule has 0 aliphatic carbocycles. The average molecular weight is 275 g/mol. The highest BCUT2D eigenvalue weighted by molar-refractivity contribution is 5.90. The molecule has 4 heteroatoms. The summed E-state index contributed by atoms with van der Waals surface area (Å²) in [6.07, 6.45) is 6.99. The molecule has 0 bridgehead atoms. The van der Waals surface area contributed by atoms with Crippen molar-refractivity contribution in [2.75, 3.05) is 0 Å². The van der Waals surface area contributed by atoms with E-state index >= 15 is 0 Å². The van der Waals surface area contributed by atoms with Gasteiger partial charge in [0.2, 0.25) is 0 Å². The Balaban J connectivity index is 2.97. The second-order valence-corrected chi connectivity index (χ2v) is 4.27. The van der Waals surface area contributed by atoms with Crippen molar-refractivity contribution < 1.29 is 0 Å². The number of benzene rings is 1. The Morgan fingerprint density at radius 2 is 1.86 bits per heavy atom. The van der Waals surface area contributed by atoms with Crippen molar-refractivity contribution in [1.82, 2.24) is 4.67 Å². The van der Waals surface area contributed by atoms with Gasteiger partial charge in [0, 0.05) is 12.5 Å². The van der Waals surface area contributed by atoms with Crippen LogP contribution in [0.5, 0.6) is 0 Å². The molecular formula is C17H15N4+. The molecule has 1 aromatic carbocycles. The largest absolute Gasteiger partial charge is 0.293 e. The lowest BCUT2D eigenvalue weighted by molar-refractivity contribution is 1.01. The summed E-state index contributed by atoms with van der Waals surface area (Å²) >= 11 is 0. The Labute approximate surface area is 124 Å². The smallest absolute Gasteiger partial charge is 0.196 e. The van der Waals surface area contributed by atoms with E-state index in [0.717, 1.165) is 18.4 Å². The second-order valence-electron chi connectivity index (χ2n) is 4.27. The lowest BCUT2D eigenvalue weighted by atomic mass is 9.98. The maximum Gasteiger partial charge on any atom is 0.293 e. The minimum atomic E-state index is -0.779. The van der Waals surface area contributed by atoms with Gasteiger partial charge in [0.05, 0.1) is 17.7 Å². The highest BCUT2D eigenvalue weighted by Gasteiger charge is 2.09. The van der Waals surface area contributed by atoms with Crippen LogP contribution in [0.1, 0.15) is 36.8 Å². The van der Waals surface area contributed by atoms with Gasteiger partial charge in [-0.15, -0.1) is 4.67 Å². The average Bonchev–Trinajstić information content (AvgIpc) is 2.53. The first-order chi connectivity index (χ1) is 10.3. The third kappa shape index (κ3) is 4.81. The zero-order chi connectivity index (χ0) is 15.5. The van der Waals surface area contributed by atoms with E-state index in [1.807, 2.05) is 12.1 Å². The van der Waals surface area contributed by atoms with Crippen LogP contribution >= 0.6 is 0 Å². The number of allylic oxidation sites excluding steroid dienone is 2. The molecule has 1 rings (SSSR count). The molecule has 0 unspecified atom stereocenters. The molecule has 0 atom stereocenters. The van der Waals surface area contributed by atoms with Crippen molar-refractivity contribution in [3.63, 3.8) is 0 Å². The van der Waals surface area contributed by atoms with E-state index in [1.165, 1.54) is 0 Å². The molecule has 102 valence electrons. The molecule has 0 saturated heterocycles. The van der Waals surface area contributed by atoms with Crippen LogP contribution in [-0.4, -0.2) is 12.4 Å². The van der Waals surface area contributed by atoms with Gasteiger partial charge in [-0.2, -0.15) is 15.8 Å². The number of nitriles is 3. The molecule has 0 spiro atoms. The summed E-state index contributed by atoms with van der Waals surface area (Å²) in [5, 5.41) is 26.8. The van der Waals surface area contributed by atoms with E-state index in [9.17, 15) is 0 Å². The zero-order valence-electron chi connectivity index (χ0n) is 11.8. The minimum absolute atomic E-state index is 0.487.